The van der Waals surface area contributed by atoms with Crippen molar-refractivity contribution < 1.29 is 13.6 Å². The molecule has 0 amide bonds. The number of rotatable bonds is 21. The molecule has 0 saturated heterocycles. The van der Waals surface area contributed by atoms with E-state index in [4.69, 9.17) is 13.6 Å². The second-order valence-electron chi connectivity index (χ2n) is 20.5. The first-order valence-corrected chi connectivity index (χ1v) is 26.3. The highest BCUT2D eigenvalue weighted by molar-refractivity contribution is 9.11. The van der Waals surface area contributed by atoms with E-state index in [2.05, 4.69) is 176 Å². The van der Waals surface area contributed by atoms with Crippen LogP contribution < -0.4 is 4.74 Å². The van der Waals surface area contributed by atoms with E-state index in [1.807, 2.05) is 0 Å². The van der Waals surface area contributed by atoms with Gasteiger partial charge in [-0.2, -0.15) is 0 Å². The minimum absolute atomic E-state index is 0.0792. The Kier molecular flexibility index (Phi) is 18.7. The summed E-state index contributed by atoms with van der Waals surface area (Å²) < 4.78 is 22.6. The molecule has 0 heterocycles. The van der Waals surface area contributed by atoms with E-state index in [0.29, 0.717) is 32.1 Å². The van der Waals surface area contributed by atoms with Gasteiger partial charge in [0, 0.05) is 5.41 Å². The average molecular weight is 967 g/mol. The molecule has 1 aliphatic rings. The van der Waals surface area contributed by atoms with E-state index in [0.717, 1.165) is 58.3 Å². The molecule has 0 atom stereocenters. The van der Waals surface area contributed by atoms with E-state index in [-0.39, 0.29) is 15.5 Å². The normalized spacial score (nSPS) is 17.1. The first-order valence-electron chi connectivity index (χ1n) is 22.9. The Labute approximate surface area is 383 Å². The molecule has 0 N–H and O–H groups in total. The van der Waals surface area contributed by atoms with Gasteiger partial charge < -0.3 is 13.6 Å². The van der Waals surface area contributed by atoms with Crippen LogP contribution >= 0.6 is 31.9 Å². The lowest BCUT2D eigenvalue weighted by molar-refractivity contribution is -0.158. The van der Waals surface area contributed by atoms with E-state index in [9.17, 15) is 0 Å². The summed E-state index contributed by atoms with van der Waals surface area (Å²) >= 11 is 7.86. The molecular formula is C52H78Br2O3Si2. The molecule has 326 valence electrons. The Morgan fingerprint density at radius 2 is 1.15 bits per heavy atom. The zero-order valence-corrected chi connectivity index (χ0v) is 44.4. The van der Waals surface area contributed by atoms with Crippen LogP contribution in [0.15, 0.2) is 63.5 Å². The summed E-state index contributed by atoms with van der Waals surface area (Å²) in [5.74, 6) is 2.49. The fraction of sp³-hybridized carbons (Fsp3) is 0.654. The molecule has 4 radical (unpaired) electrons. The smallest absolute Gasteiger partial charge is 0.236 e. The fourth-order valence-corrected chi connectivity index (χ4v) is 12.2. The molecule has 3 aromatic rings. The summed E-state index contributed by atoms with van der Waals surface area (Å²) in [5, 5.41) is 0.158. The van der Waals surface area contributed by atoms with Crippen LogP contribution in [-0.4, -0.2) is 37.3 Å². The minimum atomic E-state index is -0.445. The lowest BCUT2D eigenvalue weighted by Crippen LogP contribution is -2.61. The van der Waals surface area contributed by atoms with E-state index in [1.165, 1.54) is 79.2 Å². The van der Waals surface area contributed by atoms with Gasteiger partial charge in [-0.15, -0.1) is 0 Å². The molecule has 0 aromatic heterocycles. The maximum atomic E-state index is 6.97. The number of halogens is 2. The summed E-state index contributed by atoms with van der Waals surface area (Å²) in [4.78, 5) is 0. The largest absolute Gasteiger partial charge is 0.491 e. The second-order valence-corrected chi connectivity index (χ2v) is 26.1. The van der Waals surface area contributed by atoms with Gasteiger partial charge in [0.05, 0.1) is 26.8 Å². The number of ether oxygens (including phenoxy) is 1. The van der Waals surface area contributed by atoms with Crippen LogP contribution in [0.4, 0.5) is 0 Å². The van der Waals surface area contributed by atoms with Crippen molar-refractivity contribution in [2.24, 2.45) is 11.3 Å². The lowest BCUT2D eigenvalue weighted by Gasteiger charge is -2.56. The summed E-state index contributed by atoms with van der Waals surface area (Å²) in [6.45, 7) is 30.1. The number of benzene rings is 3. The van der Waals surface area contributed by atoms with Crippen LogP contribution in [0.3, 0.4) is 0 Å². The van der Waals surface area contributed by atoms with Crippen molar-refractivity contribution in [3.63, 3.8) is 0 Å². The second kappa shape index (κ2) is 21.9. The Bertz CT molecular complexity index is 1690. The molecule has 3 aromatic carbocycles. The van der Waals surface area contributed by atoms with Crippen molar-refractivity contribution in [1.82, 2.24) is 0 Å². The van der Waals surface area contributed by atoms with Gasteiger partial charge in [0.15, 0.2) is 0 Å². The SMILES string of the molecule is CCCCCC1CCC(c2ccc(-c3ccc(-c4cc(Br)c(OCCC(CCCC)(C(C)(C)O[Si]C(C)(C)C)C(C)(C)O[Si]C(C)(C)C)c(Br)c4)cc3CC)cc2)CC1. The van der Waals surface area contributed by atoms with Gasteiger partial charge in [0.2, 0.25) is 19.5 Å². The highest BCUT2D eigenvalue weighted by atomic mass is 79.9. The summed E-state index contributed by atoms with van der Waals surface area (Å²) in [5.41, 5.74) is 6.72. The van der Waals surface area contributed by atoms with Gasteiger partial charge in [-0.05, 0) is 172 Å². The molecule has 7 heteroatoms. The molecule has 0 bridgehead atoms. The first-order chi connectivity index (χ1) is 27.7. The van der Waals surface area contributed by atoms with Crippen molar-refractivity contribution in [3.8, 4) is 28.0 Å². The predicted octanol–water partition coefficient (Wildman–Crippen LogP) is 17.2. The van der Waals surface area contributed by atoms with Gasteiger partial charge in [-0.25, -0.2) is 0 Å². The number of hydrogen-bond acceptors (Lipinski definition) is 3. The maximum Gasteiger partial charge on any atom is 0.236 e. The number of hydrogen-bond donors (Lipinski definition) is 0. The predicted molar refractivity (Wildman–Crippen MR) is 264 cm³/mol. The fourth-order valence-electron chi connectivity index (χ4n) is 9.23. The van der Waals surface area contributed by atoms with Gasteiger partial charge in [-0.3, -0.25) is 0 Å². The third-order valence-electron chi connectivity index (χ3n) is 12.8. The third kappa shape index (κ3) is 13.9. The Morgan fingerprint density at radius 1 is 0.610 bits per heavy atom. The van der Waals surface area contributed by atoms with Crippen molar-refractivity contribution in [3.05, 3.63) is 74.7 Å². The Morgan fingerprint density at radius 3 is 1.66 bits per heavy atom. The molecule has 0 aliphatic heterocycles. The maximum absolute atomic E-state index is 6.97. The van der Waals surface area contributed by atoms with E-state index in [1.54, 1.807) is 0 Å². The van der Waals surface area contributed by atoms with Crippen molar-refractivity contribution in [1.29, 1.82) is 0 Å². The molecular weight excluding hydrogens is 889 g/mol. The van der Waals surface area contributed by atoms with Crippen LogP contribution in [0.25, 0.3) is 22.3 Å². The van der Waals surface area contributed by atoms with E-state index < -0.39 is 11.2 Å². The van der Waals surface area contributed by atoms with Crippen molar-refractivity contribution >= 4 is 51.4 Å². The van der Waals surface area contributed by atoms with Crippen LogP contribution in [0, 0.1) is 11.3 Å². The van der Waals surface area contributed by atoms with Gasteiger partial charge >= 0.3 is 0 Å². The lowest BCUT2D eigenvalue weighted by atomic mass is 9.59. The standard InChI is InChI=1S/C52H78Br2O3Si2/c1-14-17-19-20-37-21-23-39(24-22-37)40-25-27-41(28-26-40)44-30-29-42(34-38(44)16-3)43-35-45(53)47(46(54)36-43)55-33-32-52(31-18-15-2,50(10,11)56-58-48(4,5)6)51(12,13)57-59-49(7,8)9/h25-30,34-37,39H,14-24,31-33H2,1-13H3. The monoisotopic (exact) mass is 964 g/mol. The van der Waals surface area contributed by atoms with Crippen molar-refractivity contribution in [2.45, 2.75) is 201 Å². The van der Waals surface area contributed by atoms with Gasteiger partial charge in [0.25, 0.3) is 0 Å². The molecule has 1 fully saturated rings. The molecule has 3 nitrogen and oxygen atoms in total. The van der Waals surface area contributed by atoms with Crippen LogP contribution in [-0.2, 0) is 15.3 Å². The zero-order valence-electron chi connectivity index (χ0n) is 39.2. The third-order valence-corrected chi connectivity index (χ3v) is 16.5. The van der Waals surface area contributed by atoms with Crippen molar-refractivity contribution in [2.75, 3.05) is 6.61 Å². The van der Waals surface area contributed by atoms with Crippen LogP contribution in [0.2, 0.25) is 10.1 Å². The quantitative estimate of drug-likeness (QED) is 0.0786. The van der Waals surface area contributed by atoms with Gasteiger partial charge in [-0.1, -0.05) is 143 Å². The zero-order chi connectivity index (χ0) is 43.6. The summed E-state index contributed by atoms with van der Waals surface area (Å²) in [6.07, 6.45) is 16.0. The summed E-state index contributed by atoms with van der Waals surface area (Å²) in [7, 11) is 0.759. The van der Waals surface area contributed by atoms with Gasteiger partial charge in [0.1, 0.15) is 5.75 Å². The van der Waals surface area contributed by atoms with Crippen LogP contribution in [0.1, 0.15) is 184 Å². The molecule has 1 saturated carbocycles. The Hall–Kier alpha value is -1.23. The van der Waals surface area contributed by atoms with E-state index >= 15 is 0 Å². The molecule has 0 unspecified atom stereocenters. The molecule has 59 heavy (non-hydrogen) atoms. The number of aryl methyl sites for hydroxylation is 1. The first kappa shape index (κ1) is 50.4. The Balaban J connectivity index is 1.53. The summed E-state index contributed by atoms with van der Waals surface area (Å²) in [6, 6.07) is 20.9. The highest BCUT2D eigenvalue weighted by Crippen LogP contribution is 2.53. The minimum Gasteiger partial charge on any atom is -0.491 e. The van der Waals surface area contributed by atoms with Crippen LogP contribution in [0.5, 0.6) is 5.75 Å². The molecule has 0 spiro atoms. The topological polar surface area (TPSA) is 27.7 Å². The highest BCUT2D eigenvalue weighted by Gasteiger charge is 2.56. The molecule has 1 aliphatic carbocycles. The average Bonchev–Trinajstić information content (AvgIpc) is 3.18. The molecule has 4 rings (SSSR count). The number of unbranched alkanes of at least 4 members (excludes halogenated alkanes) is 3.